The maximum Gasteiger partial charge on any atom is 0.158 e. The molecule has 0 aromatic heterocycles. The van der Waals surface area contributed by atoms with Gasteiger partial charge in [-0.1, -0.05) is 48.6 Å². The molecule has 0 aliphatic rings. The van der Waals surface area contributed by atoms with E-state index in [-0.39, 0.29) is 5.78 Å². The van der Waals surface area contributed by atoms with Crippen molar-refractivity contribution >= 4 is 11.9 Å². The first-order chi connectivity index (χ1) is 6.72. The number of rotatable bonds is 4. The average Bonchev–Trinajstić information content (AvgIpc) is 2.21. The highest BCUT2D eigenvalue weighted by Gasteiger charge is 1.90. The van der Waals surface area contributed by atoms with Crippen LogP contribution in [0, 0.1) is 6.92 Å². The normalized spacial score (nSPS) is 10.4. The lowest BCUT2D eigenvalue weighted by Gasteiger charge is -1.93. The van der Waals surface area contributed by atoms with Gasteiger partial charge in [-0.2, -0.15) is 0 Å². The summed E-state index contributed by atoms with van der Waals surface area (Å²) < 4.78 is 0. The minimum atomic E-state index is 0.0494. The second kappa shape index (κ2) is 5.18. The van der Waals surface area contributed by atoms with Gasteiger partial charge in [0.2, 0.25) is 0 Å². The van der Waals surface area contributed by atoms with Crippen molar-refractivity contribution in [3.8, 4) is 0 Å². The van der Waals surface area contributed by atoms with Crippen molar-refractivity contribution in [3.05, 3.63) is 54.1 Å². The molecule has 0 aliphatic carbocycles. The smallest absolute Gasteiger partial charge is 0.158 e. The van der Waals surface area contributed by atoms with E-state index in [0.717, 1.165) is 5.56 Å². The zero-order valence-corrected chi connectivity index (χ0v) is 8.36. The van der Waals surface area contributed by atoms with Crippen molar-refractivity contribution in [2.45, 2.75) is 13.3 Å². The molecule has 0 spiro atoms. The molecule has 1 heteroatoms. The van der Waals surface area contributed by atoms with Crippen LogP contribution in [0.25, 0.3) is 6.08 Å². The Hall–Kier alpha value is -1.63. The van der Waals surface area contributed by atoms with E-state index in [1.54, 1.807) is 0 Å². The summed E-state index contributed by atoms with van der Waals surface area (Å²) in [4.78, 5) is 10.9. The molecule has 14 heavy (non-hydrogen) atoms. The molecule has 0 amide bonds. The topological polar surface area (TPSA) is 17.1 Å². The van der Waals surface area contributed by atoms with E-state index >= 15 is 0 Å². The first-order valence-corrected chi connectivity index (χ1v) is 4.61. The molecular weight excluding hydrogens is 172 g/mol. The summed E-state index contributed by atoms with van der Waals surface area (Å²) >= 11 is 0. The Kier molecular flexibility index (Phi) is 3.86. The Morgan fingerprint density at radius 2 is 2.00 bits per heavy atom. The third-order valence-electron chi connectivity index (χ3n) is 1.93. The summed E-state index contributed by atoms with van der Waals surface area (Å²) in [7, 11) is 0. The van der Waals surface area contributed by atoms with Crippen LogP contribution in [0.3, 0.4) is 0 Å². The van der Waals surface area contributed by atoms with Gasteiger partial charge in [0, 0.05) is 6.42 Å². The number of hydrogen-bond donors (Lipinski definition) is 0. The molecule has 0 N–H and O–H groups in total. The van der Waals surface area contributed by atoms with Crippen molar-refractivity contribution in [2.75, 3.05) is 0 Å². The van der Waals surface area contributed by atoms with Gasteiger partial charge < -0.3 is 0 Å². The Labute approximate surface area is 84.8 Å². The number of carbonyl (C=O) groups is 1. The zero-order valence-electron chi connectivity index (χ0n) is 8.36. The number of benzene rings is 1. The minimum absolute atomic E-state index is 0.0494. The summed E-state index contributed by atoms with van der Waals surface area (Å²) in [5.41, 5.74) is 2.36. The maximum absolute atomic E-state index is 10.9. The summed E-state index contributed by atoms with van der Waals surface area (Å²) in [5.74, 6) is 0.0494. The van der Waals surface area contributed by atoms with Crippen LogP contribution >= 0.6 is 0 Å². The lowest BCUT2D eigenvalue weighted by Crippen LogP contribution is -1.86. The van der Waals surface area contributed by atoms with E-state index in [1.807, 2.05) is 24.3 Å². The van der Waals surface area contributed by atoms with Crippen LogP contribution in [0.4, 0.5) is 0 Å². The first kappa shape index (κ1) is 10.5. The monoisotopic (exact) mass is 186 g/mol. The fourth-order valence-corrected chi connectivity index (χ4v) is 1.07. The van der Waals surface area contributed by atoms with E-state index in [0.29, 0.717) is 6.42 Å². The summed E-state index contributed by atoms with van der Waals surface area (Å²) in [6.07, 6.45) is 5.58. The third-order valence-corrected chi connectivity index (χ3v) is 1.93. The fourth-order valence-electron chi connectivity index (χ4n) is 1.07. The van der Waals surface area contributed by atoms with Gasteiger partial charge in [-0.15, -0.1) is 0 Å². The molecule has 0 atom stereocenters. The van der Waals surface area contributed by atoms with Gasteiger partial charge in [0.15, 0.2) is 5.78 Å². The van der Waals surface area contributed by atoms with Gasteiger partial charge in [-0.3, -0.25) is 4.79 Å². The Morgan fingerprint density at radius 1 is 1.36 bits per heavy atom. The standard InChI is InChI=1S/C13H14O/c1-3-13(14)6-4-5-12-9-7-11(2)8-10-12/h3-5,7-10H,1,6H2,2H3/b5-4-. The largest absolute Gasteiger partial charge is 0.295 e. The highest BCUT2D eigenvalue weighted by Crippen LogP contribution is 2.05. The van der Waals surface area contributed by atoms with Crippen molar-refractivity contribution in [3.63, 3.8) is 0 Å². The van der Waals surface area contributed by atoms with Gasteiger partial charge in [-0.25, -0.2) is 0 Å². The molecule has 0 bridgehead atoms. The summed E-state index contributed by atoms with van der Waals surface area (Å²) in [6.45, 7) is 5.46. The zero-order chi connectivity index (χ0) is 10.4. The molecule has 0 saturated carbocycles. The van der Waals surface area contributed by atoms with Crippen LogP contribution in [-0.4, -0.2) is 5.78 Å². The molecule has 1 nitrogen and oxygen atoms in total. The van der Waals surface area contributed by atoms with Crippen LogP contribution in [0.5, 0.6) is 0 Å². The molecule has 0 radical (unpaired) electrons. The van der Waals surface area contributed by atoms with Crippen LogP contribution in [-0.2, 0) is 4.79 Å². The van der Waals surface area contributed by atoms with E-state index < -0.39 is 0 Å². The second-order valence-corrected chi connectivity index (χ2v) is 3.19. The Morgan fingerprint density at radius 3 is 2.57 bits per heavy atom. The van der Waals surface area contributed by atoms with Crippen molar-refractivity contribution in [1.29, 1.82) is 0 Å². The minimum Gasteiger partial charge on any atom is -0.295 e. The number of aryl methyl sites for hydroxylation is 1. The molecule has 0 aliphatic heterocycles. The lowest BCUT2D eigenvalue weighted by molar-refractivity contribution is -0.113. The van der Waals surface area contributed by atoms with Gasteiger partial charge in [-0.05, 0) is 18.6 Å². The fraction of sp³-hybridized carbons (Fsp3) is 0.154. The van der Waals surface area contributed by atoms with Crippen molar-refractivity contribution in [1.82, 2.24) is 0 Å². The number of hydrogen-bond acceptors (Lipinski definition) is 1. The predicted molar refractivity (Wildman–Crippen MR) is 60.0 cm³/mol. The van der Waals surface area contributed by atoms with E-state index in [4.69, 9.17) is 0 Å². The summed E-state index contributed by atoms with van der Waals surface area (Å²) in [6, 6.07) is 8.17. The first-order valence-electron chi connectivity index (χ1n) is 4.61. The van der Waals surface area contributed by atoms with Crippen molar-refractivity contribution < 1.29 is 4.79 Å². The molecule has 72 valence electrons. The third kappa shape index (κ3) is 3.40. The van der Waals surface area contributed by atoms with Crippen LogP contribution in [0.15, 0.2) is 43.0 Å². The van der Waals surface area contributed by atoms with Gasteiger partial charge in [0.1, 0.15) is 0 Å². The number of ketones is 1. The number of allylic oxidation sites excluding steroid dienone is 2. The molecule has 0 unspecified atom stereocenters. The summed E-state index contributed by atoms with van der Waals surface area (Å²) in [5, 5.41) is 0. The van der Waals surface area contributed by atoms with E-state index in [2.05, 4.69) is 25.6 Å². The molecule has 1 rings (SSSR count). The van der Waals surface area contributed by atoms with Gasteiger partial charge in [0.25, 0.3) is 0 Å². The lowest BCUT2D eigenvalue weighted by atomic mass is 10.1. The van der Waals surface area contributed by atoms with E-state index in [1.165, 1.54) is 11.6 Å². The Balaban J connectivity index is 2.56. The highest BCUT2D eigenvalue weighted by atomic mass is 16.1. The van der Waals surface area contributed by atoms with E-state index in [9.17, 15) is 4.79 Å². The predicted octanol–water partition coefficient (Wildman–Crippen LogP) is 3.15. The van der Waals surface area contributed by atoms with Gasteiger partial charge in [0.05, 0.1) is 0 Å². The maximum atomic E-state index is 10.9. The quantitative estimate of drug-likeness (QED) is 0.660. The molecule has 0 saturated heterocycles. The van der Waals surface area contributed by atoms with Crippen LogP contribution in [0.2, 0.25) is 0 Å². The molecule has 0 fully saturated rings. The molecular formula is C13H14O. The highest BCUT2D eigenvalue weighted by molar-refractivity contribution is 5.90. The Bertz CT molecular complexity index is 344. The number of carbonyl (C=O) groups excluding carboxylic acids is 1. The van der Waals surface area contributed by atoms with Crippen LogP contribution in [0.1, 0.15) is 17.5 Å². The van der Waals surface area contributed by atoms with Crippen molar-refractivity contribution in [2.24, 2.45) is 0 Å². The van der Waals surface area contributed by atoms with Gasteiger partial charge >= 0.3 is 0 Å². The average molecular weight is 186 g/mol. The SMILES string of the molecule is C=CC(=O)C/C=C\c1ccc(C)cc1. The molecule has 1 aromatic carbocycles. The van der Waals surface area contributed by atoms with Crippen LogP contribution < -0.4 is 0 Å². The second-order valence-electron chi connectivity index (χ2n) is 3.19. The molecule has 0 heterocycles. The molecule has 1 aromatic rings.